The van der Waals surface area contributed by atoms with Gasteiger partial charge in [-0.2, -0.15) is 0 Å². The van der Waals surface area contributed by atoms with Crippen LogP contribution in [0.5, 0.6) is 0 Å². The summed E-state index contributed by atoms with van der Waals surface area (Å²) in [6.45, 7) is 1.63. The van der Waals surface area contributed by atoms with E-state index in [-0.39, 0.29) is 41.1 Å². The third kappa shape index (κ3) is 1.77. The number of hydrogen-bond acceptors (Lipinski definition) is 1. The summed E-state index contributed by atoms with van der Waals surface area (Å²) in [5.41, 5.74) is 0.242. The molecule has 5 aliphatic rings. The number of carbonyl (C=O) groups is 1. The van der Waals surface area contributed by atoms with E-state index in [0.29, 0.717) is 0 Å². The Kier molecular flexibility index (Phi) is 3.00. The van der Waals surface area contributed by atoms with Crippen LogP contribution in [-0.2, 0) is 0 Å². The fourth-order valence-corrected chi connectivity index (χ4v) is 5.26. The Morgan fingerprint density at radius 3 is 2.00 bits per heavy atom. The maximum Gasteiger partial charge on any atom is 1.00 e. The van der Waals surface area contributed by atoms with E-state index in [9.17, 15) is 4.79 Å². The standard InChI is InChI=1S/C13H20N2O.Na/c16-12-14-1-2-15(12)13-6-9-3-10(7-13)5-11(4-9)8-13;/h9-11H,1-8H2,(H,14,16);/q;+1/p-1. The van der Waals surface area contributed by atoms with Crippen molar-refractivity contribution in [1.82, 2.24) is 4.90 Å². The van der Waals surface area contributed by atoms with E-state index in [2.05, 4.69) is 10.2 Å². The molecule has 17 heavy (non-hydrogen) atoms. The first-order valence-corrected chi connectivity index (χ1v) is 6.74. The Morgan fingerprint density at radius 1 is 1.06 bits per heavy atom. The topological polar surface area (TPSA) is 34.4 Å². The van der Waals surface area contributed by atoms with Crippen LogP contribution in [-0.4, -0.2) is 29.6 Å². The van der Waals surface area contributed by atoms with Crippen LogP contribution < -0.4 is 29.6 Å². The van der Waals surface area contributed by atoms with Crippen molar-refractivity contribution in [2.24, 2.45) is 17.8 Å². The third-order valence-corrected chi connectivity index (χ3v) is 5.38. The van der Waals surface area contributed by atoms with E-state index in [1.54, 1.807) is 0 Å². The second-order valence-electron chi connectivity index (χ2n) is 6.46. The zero-order valence-corrected chi connectivity index (χ0v) is 12.7. The summed E-state index contributed by atoms with van der Waals surface area (Å²) in [5.74, 6) is 2.75. The van der Waals surface area contributed by atoms with Gasteiger partial charge >= 0.3 is 29.6 Å². The predicted octanol–water partition coefficient (Wildman–Crippen LogP) is -0.231. The van der Waals surface area contributed by atoms with Gasteiger partial charge in [-0.05, 0) is 74.9 Å². The molecule has 1 aliphatic heterocycles. The van der Waals surface area contributed by atoms with Crippen LogP contribution >= 0.6 is 0 Å². The van der Waals surface area contributed by atoms with Gasteiger partial charge in [0.15, 0.2) is 6.03 Å². The van der Waals surface area contributed by atoms with Crippen molar-refractivity contribution >= 4 is 6.03 Å². The quantitative estimate of drug-likeness (QED) is 0.585. The van der Waals surface area contributed by atoms with E-state index in [1.807, 2.05) is 0 Å². The van der Waals surface area contributed by atoms with Crippen molar-refractivity contribution in [3.05, 3.63) is 5.32 Å². The third-order valence-electron chi connectivity index (χ3n) is 5.38. The molecule has 4 aliphatic carbocycles. The zero-order valence-electron chi connectivity index (χ0n) is 10.7. The molecule has 0 aromatic rings. The SMILES string of the molecule is O=C1[N-]CCN1C12CC3CC(CC(C3)C1)C2.[Na+]. The molecule has 4 heteroatoms. The summed E-state index contributed by atoms with van der Waals surface area (Å²) in [7, 11) is 0. The van der Waals surface area contributed by atoms with Crippen LogP contribution in [0.1, 0.15) is 38.5 Å². The maximum atomic E-state index is 11.8. The van der Waals surface area contributed by atoms with Crippen molar-refractivity contribution in [2.75, 3.05) is 13.1 Å². The molecule has 0 aromatic carbocycles. The van der Waals surface area contributed by atoms with Crippen molar-refractivity contribution in [2.45, 2.75) is 44.1 Å². The van der Waals surface area contributed by atoms with E-state index in [4.69, 9.17) is 0 Å². The monoisotopic (exact) mass is 242 g/mol. The molecule has 88 valence electrons. The molecule has 4 saturated carbocycles. The molecular formula is C13H19N2NaO. The molecule has 1 saturated heterocycles. The van der Waals surface area contributed by atoms with Crippen LogP contribution in [0.2, 0.25) is 0 Å². The van der Waals surface area contributed by atoms with Crippen molar-refractivity contribution < 1.29 is 34.4 Å². The van der Waals surface area contributed by atoms with Gasteiger partial charge in [-0.1, -0.05) is 0 Å². The van der Waals surface area contributed by atoms with Crippen LogP contribution in [0.3, 0.4) is 0 Å². The Hall–Kier alpha value is 0.270. The van der Waals surface area contributed by atoms with Crippen LogP contribution in [0.15, 0.2) is 0 Å². The molecular weight excluding hydrogens is 223 g/mol. The molecule has 0 unspecified atom stereocenters. The minimum absolute atomic E-state index is 0. The number of nitrogens with zero attached hydrogens (tertiary/aromatic N) is 2. The number of carbonyl (C=O) groups excluding carboxylic acids is 1. The Labute approximate surface area is 125 Å². The van der Waals surface area contributed by atoms with Crippen molar-refractivity contribution in [1.29, 1.82) is 0 Å². The molecule has 3 nitrogen and oxygen atoms in total. The average Bonchev–Trinajstić information content (AvgIpc) is 2.62. The molecule has 4 bridgehead atoms. The molecule has 0 atom stereocenters. The van der Waals surface area contributed by atoms with Gasteiger partial charge in [0, 0.05) is 0 Å². The second kappa shape index (κ2) is 4.14. The second-order valence-corrected chi connectivity index (χ2v) is 6.46. The van der Waals surface area contributed by atoms with Crippen LogP contribution in [0.4, 0.5) is 4.79 Å². The number of urea groups is 1. The van der Waals surface area contributed by atoms with E-state index < -0.39 is 0 Å². The smallest absolute Gasteiger partial charge is 0.431 e. The van der Waals surface area contributed by atoms with Gasteiger partial charge in [-0.3, -0.25) is 4.79 Å². The van der Waals surface area contributed by atoms with Crippen molar-refractivity contribution in [3.8, 4) is 0 Å². The molecule has 2 amide bonds. The summed E-state index contributed by atoms with van der Waals surface area (Å²) in [4.78, 5) is 14.0. The Morgan fingerprint density at radius 2 is 1.59 bits per heavy atom. The number of hydrogen-bond donors (Lipinski definition) is 0. The summed E-state index contributed by atoms with van der Waals surface area (Å²) in [6.07, 6.45) is 8.16. The van der Waals surface area contributed by atoms with Gasteiger partial charge in [0.2, 0.25) is 0 Å². The number of rotatable bonds is 1. The average molecular weight is 242 g/mol. The number of amides is 2. The maximum absolute atomic E-state index is 11.8. The fraction of sp³-hybridized carbons (Fsp3) is 0.923. The van der Waals surface area contributed by atoms with Gasteiger partial charge in [-0.15, -0.1) is 0 Å². The van der Waals surface area contributed by atoms with Gasteiger partial charge in [0.25, 0.3) is 0 Å². The first kappa shape index (κ1) is 12.3. The largest absolute Gasteiger partial charge is 1.00 e. The van der Waals surface area contributed by atoms with Crippen LogP contribution in [0.25, 0.3) is 5.32 Å². The van der Waals surface area contributed by atoms with Crippen molar-refractivity contribution in [3.63, 3.8) is 0 Å². The predicted molar refractivity (Wildman–Crippen MR) is 61.2 cm³/mol. The molecule has 5 fully saturated rings. The first-order chi connectivity index (χ1) is 7.75. The molecule has 1 heterocycles. The minimum atomic E-state index is 0. The van der Waals surface area contributed by atoms with Gasteiger partial charge in [0.1, 0.15) is 0 Å². The van der Waals surface area contributed by atoms with Gasteiger partial charge < -0.3 is 10.2 Å². The molecule has 0 spiro atoms. The van der Waals surface area contributed by atoms with E-state index >= 15 is 0 Å². The molecule has 0 aromatic heterocycles. The zero-order chi connectivity index (χ0) is 10.8. The summed E-state index contributed by atoms with van der Waals surface area (Å²) in [6, 6.07) is 0.0851. The first-order valence-electron chi connectivity index (χ1n) is 6.74. The van der Waals surface area contributed by atoms with E-state index in [0.717, 1.165) is 30.8 Å². The van der Waals surface area contributed by atoms with Crippen LogP contribution in [0, 0.1) is 17.8 Å². The molecule has 0 N–H and O–H groups in total. The Bertz CT molecular complexity index is 309. The minimum Gasteiger partial charge on any atom is -0.431 e. The van der Waals surface area contributed by atoms with Gasteiger partial charge in [-0.25, -0.2) is 0 Å². The van der Waals surface area contributed by atoms with Gasteiger partial charge in [0.05, 0.1) is 0 Å². The summed E-state index contributed by atoms with van der Waals surface area (Å²) < 4.78 is 0. The summed E-state index contributed by atoms with van der Waals surface area (Å²) >= 11 is 0. The Balaban J connectivity index is 0.000000902. The normalized spacial score (nSPS) is 46.9. The summed E-state index contributed by atoms with van der Waals surface area (Å²) in [5, 5.41) is 4.06. The molecule has 0 radical (unpaired) electrons. The molecule has 5 rings (SSSR count). The van der Waals surface area contributed by atoms with E-state index in [1.165, 1.54) is 38.5 Å². The fourth-order valence-electron chi connectivity index (χ4n) is 5.26.